The maximum Gasteiger partial charge on any atom is 0.276 e. The number of rotatable bonds is 9. The summed E-state index contributed by atoms with van der Waals surface area (Å²) in [6, 6.07) is 0. The lowest BCUT2D eigenvalue weighted by Crippen LogP contribution is -2.43. The molecule has 3 atom stereocenters. The first-order valence-electron chi connectivity index (χ1n) is 6.03. The zero-order valence-electron chi connectivity index (χ0n) is 11.6. The molecule has 0 aromatic carbocycles. The Morgan fingerprint density at radius 3 is 2.10 bits per heavy atom. The molecule has 0 aliphatic heterocycles. The molecule has 0 spiro atoms. The predicted octanol–water partition coefficient (Wildman–Crippen LogP) is -0.892. The molecule has 0 aromatic rings. The van der Waals surface area contributed by atoms with Crippen LogP contribution in [0.15, 0.2) is 0 Å². The Kier molecular flexibility index (Phi) is 7.44. The number of nitrogens with one attached hydrogen (secondary N) is 1. The van der Waals surface area contributed by atoms with Crippen LogP contribution in [0.3, 0.4) is 0 Å². The van der Waals surface area contributed by atoms with E-state index in [1.165, 1.54) is 0 Å². The highest BCUT2D eigenvalue weighted by atomic mass is 32.2. The van der Waals surface area contributed by atoms with Crippen LogP contribution < -0.4 is 5.32 Å². The molecule has 0 bridgehead atoms. The molecule has 124 valence electrons. The highest BCUT2D eigenvalue weighted by Gasteiger charge is 2.32. The summed E-state index contributed by atoms with van der Waals surface area (Å²) in [4.78, 5) is 22.3. The van der Waals surface area contributed by atoms with E-state index < -0.39 is 43.6 Å². The van der Waals surface area contributed by atoms with Gasteiger partial charge in [-0.05, 0) is 12.3 Å². The minimum atomic E-state index is -4.82. The number of carbonyl (C=O) groups excluding carboxylic acids is 2. The number of amides is 1. The van der Waals surface area contributed by atoms with Crippen molar-refractivity contribution < 1.29 is 35.5 Å². The van der Waals surface area contributed by atoms with Crippen molar-refractivity contribution in [3.8, 4) is 0 Å². The van der Waals surface area contributed by atoms with Gasteiger partial charge in [0.2, 0.25) is 5.91 Å². The van der Waals surface area contributed by atoms with Crippen molar-refractivity contribution in [3.63, 3.8) is 0 Å². The van der Waals surface area contributed by atoms with Crippen molar-refractivity contribution in [3.05, 3.63) is 0 Å². The first kappa shape index (κ1) is 20.0. The molecular weight excluding hydrogens is 326 g/mol. The molecule has 0 aliphatic carbocycles. The Bertz CT molecular complexity index is 568. The van der Waals surface area contributed by atoms with E-state index in [1.807, 2.05) is 0 Å². The standard InChI is InChI=1S/C10H19NO8S2/c1-7(8(2)6-12)5-11-10(13)9(21(17,18)19)3-4-20(14,15)16/h6-9H,3-5H2,1-2H3,(H,11,13)(H,14,15,16)(H,17,18,19). The molecule has 3 N–H and O–H groups in total. The smallest absolute Gasteiger partial charge is 0.276 e. The van der Waals surface area contributed by atoms with Crippen molar-refractivity contribution >= 4 is 32.4 Å². The van der Waals surface area contributed by atoms with E-state index in [4.69, 9.17) is 9.11 Å². The molecule has 0 heterocycles. The van der Waals surface area contributed by atoms with Crippen molar-refractivity contribution in [1.29, 1.82) is 0 Å². The lowest BCUT2D eigenvalue weighted by Gasteiger charge is -2.18. The molecule has 1 amide bonds. The minimum absolute atomic E-state index is 0.0172. The largest absolute Gasteiger partial charge is 0.355 e. The van der Waals surface area contributed by atoms with Crippen LogP contribution in [0.1, 0.15) is 20.3 Å². The van der Waals surface area contributed by atoms with Gasteiger partial charge in [0.1, 0.15) is 6.29 Å². The van der Waals surface area contributed by atoms with Crippen LogP contribution in [-0.2, 0) is 29.8 Å². The molecular formula is C10H19NO8S2. The van der Waals surface area contributed by atoms with Crippen LogP contribution in [0.2, 0.25) is 0 Å². The second kappa shape index (κ2) is 7.82. The summed E-state index contributed by atoms with van der Waals surface area (Å²) >= 11 is 0. The van der Waals surface area contributed by atoms with Crippen LogP contribution in [0.4, 0.5) is 0 Å². The van der Waals surface area contributed by atoms with E-state index >= 15 is 0 Å². The van der Waals surface area contributed by atoms with Gasteiger partial charge in [-0.3, -0.25) is 13.9 Å². The molecule has 3 unspecified atom stereocenters. The molecule has 0 aromatic heterocycles. The van der Waals surface area contributed by atoms with Crippen molar-refractivity contribution in [2.75, 3.05) is 12.3 Å². The first-order chi connectivity index (χ1) is 9.38. The highest BCUT2D eigenvalue weighted by Crippen LogP contribution is 2.09. The van der Waals surface area contributed by atoms with E-state index in [1.54, 1.807) is 13.8 Å². The third kappa shape index (κ3) is 8.09. The maximum absolute atomic E-state index is 11.7. The SMILES string of the molecule is CC(C=O)C(C)CNC(=O)C(CCS(=O)(=O)O)S(=O)(=O)O. The van der Waals surface area contributed by atoms with Gasteiger partial charge in [-0.25, -0.2) is 0 Å². The fourth-order valence-electron chi connectivity index (χ4n) is 1.37. The molecule has 0 saturated carbocycles. The Hall–Kier alpha value is -1.04. The zero-order chi connectivity index (χ0) is 16.8. The topological polar surface area (TPSA) is 155 Å². The van der Waals surface area contributed by atoms with E-state index in [2.05, 4.69) is 5.32 Å². The van der Waals surface area contributed by atoms with Crippen LogP contribution in [0.25, 0.3) is 0 Å². The fourth-order valence-corrected chi connectivity index (χ4v) is 2.82. The lowest BCUT2D eigenvalue weighted by atomic mass is 9.97. The number of hydrogen-bond acceptors (Lipinski definition) is 6. The molecule has 0 rings (SSSR count). The fraction of sp³-hybridized carbons (Fsp3) is 0.800. The van der Waals surface area contributed by atoms with E-state index in [-0.39, 0.29) is 18.4 Å². The Labute approximate surface area is 123 Å². The van der Waals surface area contributed by atoms with Gasteiger partial charge in [-0.1, -0.05) is 13.8 Å². The van der Waals surface area contributed by atoms with Crippen molar-refractivity contribution in [2.45, 2.75) is 25.5 Å². The molecule has 9 nitrogen and oxygen atoms in total. The third-order valence-corrected chi connectivity index (χ3v) is 4.92. The average molecular weight is 345 g/mol. The Morgan fingerprint density at radius 1 is 1.19 bits per heavy atom. The van der Waals surface area contributed by atoms with Gasteiger partial charge in [0.05, 0.1) is 5.75 Å². The van der Waals surface area contributed by atoms with Crippen LogP contribution in [0, 0.1) is 11.8 Å². The monoisotopic (exact) mass is 345 g/mol. The quantitative estimate of drug-likeness (QED) is 0.359. The first-order valence-corrected chi connectivity index (χ1v) is 9.14. The third-order valence-electron chi connectivity index (χ3n) is 3.00. The Morgan fingerprint density at radius 2 is 1.71 bits per heavy atom. The Balaban J connectivity index is 4.79. The molecule has 21 heavy (non-hydrogen) atoms. The maximum atomic E-state index is 11.7. The average Bonchev–Trinajstić information content (AvgIpc) is 2.31. The number of aldehydes is 1. The minimum Gasteiger partial charge on any atom is -0.355 e. The van der Waals surface area contributed by atoms with Crippen molar-refractivity contribution in [1.82, 2.24) is 5.32 Å². The normalized spacial score (nSPS) is 16.8. The van der Waals surface area contributed by atoms with Crippen LogP contribution >= 0.6 is 0 Å². The molecule has 0 radical (unpaired) electrons. The van der Waals surface area contributed by atoms with Gasteiger partial charge in [0, 0.05) is 12.5 Å². The molecule has 0 aliphatic rings. The van der Waals surface area contributed by atoms with Crippen molar-refractivity contribution in [2.24, 2.45) is 11.8 Å². The van der Waals surface area contributed by atoms with E-state index in [0.717, 1.165) is 0 Å². The summed E-state index contributed by atoms with van der Waals surface area (Å²) in [5.41, 5.74) is 0. The van der Waals surface area contributed by atoms with Gasteiger partial charge >= 0.3 is 0 Å². The number of carbonyl (C=O) groups is 2. The van der Waals surface area contributed by atoms with Crippen LogP contribution in [0.5, 0.6) is 0 Å². The summed E-state index contributed by atoms with van der Waals surface area (Å²) in [6.45, 7) is 3.25. The predicted molar refractivity (Wildman–Crippen MR) is 73.8 cm³/mol. The van der Waals surface area contributed by atoms with Gasteiger partial charge in [-0.2, -0.15) is 16.8 Å². The highest BCUT2D eigenvalue weighted by molar-refractivity contribution is 7.87. The summed E-state index contributed by atoms with van der Waals surface area (Å²) in [7, 11) is -9.28. The summed E-state index contributed by atoms with van der Waals surface area (Å²) < 4.78 is 60.9. The summed E-state index contributed by atoms with van der Waals surface area (Å²) in [5, 5.41) is 0.225. The molecule has 0 fully saturated rings. The lowest BCUT2D eigenvalue weighted by molar-refractivity contribution is -0.121. The van der Waals surface area contributed by atoms with Crippen LogP contribution in [-0.4, -0.2) is 55.7 Å². The van der Waals surface area contributed by atoms with E-state index in [9.17, 15) is 26.4 Å². The van der Waals surface area contributed by atoms with Gasteiger partial charge in [-0.15, -0.1) is 0 Å². The van der Waals surface area contributed by atoms with Gasteiger partial charge < -0.3 is 10.1 Å². The van der Waals surface area contributed by atoms with Gasteiger partial charge in [0.15, 0.2) is 5.25 Å². The zero-order valence-corrected chi connectivity index (χ0v) is 13.2. The molecule has 11 heteroatoms. The number of hydrogen-bond donors (Lipinski definition) is 3. The summed E-state index contributed by atoms with van der Waals surface area (Å²) in [5.74, 6) is -2.71. The van der Waals surface area contributed by atoms with Gasteiger partial charge in [0.25, 0.3) is 20.2 Å². The second-order valence-corrected chi connectivity index (χ2v) is 7.97. The second-order valence-electron chi connectivity index (χ2n) is 4.80. The molecule has 0 saturated heterocycles. The van der Waals surface area contributed by atoms with E-state index in [0.29, 0.717) is 6.29 Å². The summed E-state index contributed by atoms with van der Waals surface area (Å²) in [6.07, 6.45) is -0.101.